The number of aliphatic hydroxyl groups excluding tert-OH is 1. The standard InChI is InChI=1S/C14H14O2/c15-14(12-7-3-1-4-8-12)11-16-13-9-5-2-6-10-13/h1-10,14-15H,11H2. The molecule has 82 valence electrons. The summed E-state index contributed by atoms with van der Waals surface area (Å²) in [7, 11) is 0. The topological polar surface area (TPSA) is 29.5 Å². The van der Waals surface area contributed by atoms with E-state index in [1.165, 1.54) is 0 Å². The van der Waals surface area contributed by atoms with E-state index < -0.39 is 6.10 Å². The largest absolute Gasteiger partial charge is 0.491 e. The summed E-state index contributed by atoms with van der Waals surface area (Å²) in [5.41, 5.74) is 0.874. The average molecular weight is 214 g/mol. The molecule has 0 aliphatic rings. The maximum Gasteiger partial charge on any atom is 0.119 e. The van der Waals surface area contributed by atoms with Gasteiger partial charge in [-0.2, -0.15) is 0 Å². The summed E-state index contributed by atoms with van der Waals surface area (Å²) in [6.45, 7) is 0.272. The predicted octanol–water partition coefficient (Wildman–Crippen LogP) is 2.80. The second-order valence-electron chi connectivity index (χ2n) is 3.55. The molecule has 1 atom stereocenters. The number of hydrogen-bond donors (Lipinski definition) is 1. The van der Waals surface area contributed by atoms with Crippen molar-refractivity contribution in [2.24, 2.45) is 0 Å². The lowest BCUT2D eigenvalue weighted by atomic mass is 10.1. The molecule has 2 rings (SSSR count). The molecule has 0 radical (unpaired) electrons. The van der Waals surface area contributed by atoms with E-state index in [-0.39, 0.29) is 6.61 Å². The Hall–Kier alpha value is -1.80. The van der Waals surface area contributed by atoms with Crippen LogP contribution < -0.4 is 4.74 Å². The van der Waals surface area contributed by atoms with Crippen LogP contribution in [0.3, 0.4) is 0 Å². The van der Waals surface area contributed by atoms with Crippen molar-refractivity contribution in [3.8, 4) is 5.75 Å². The highest BCUT2D eigenvalue weighted by atomic mass is 16.5. The van der Waals surface area contributed by atoms with E-state index in [0.29, 0.717) is 0 Å². The smallest absolute Gasteiger partial charge is 0.119 e. The highest BCUT2D eigenvalue weighted by Crippen LogP contribution is 2.15. The Morgan fingerprint density at radius 1 is 0.875 bits per heavy atom. The first kappa shape index (κ1) is 10.7. The molecule has 0 saturated carbocycles. The van der Waals surface area contributed by atoms with Gasteiger partial charge in [-0.25, -0.2) is 0 Å². The van der Waals surface area contributed by atoms with Crippen molar-refractivity contribution < 1.29 is 9.84 Å². The van der Waals surface area contributed by atoms with Crippen LogP contribution in [0.5, 0.6) is 5.75 Å². The average Bonchev–Trinajstić information content (AvgIpc) is 2.38. The molecule has 16 heavy (non-hydrogen) atoms. The molecule has 2 aromatic rings. The molecule has 1 N–H and O–H groups in total. The minimum absolute atomic E-state index is 0.272. The third-order valence-electron chi connectivity index (χ3n) is 2.34. The van der Waals surface area contributed by atoms with Gasteiger partial charge in [0.05, 0.1) is 0 Å². The van der Waals surface area contributed by atoms with Crippen LogP contribution in [0, 0.1) is 0 Å². The van der Waals surface area contributed by atoms with Crippen molar-refractivity contribution in [3.05, 3.63) is 66.2 Å². The first-order valence-corrected chi connectivity index (χ1v) is 5.27. The monoisotopic (exact) mass is 214 g/mol. The van der Waals surface area contributed by atoms with E-state index in [2.05, 4.69) is 0 Å². The molecular formula is C14H14O2. The summed E-state index contributed by atoms with van der Waals surface area (Å²) in [5, 5.41) is 9.86. The van der Waals surface area contributed by atoms with Gasteiger partial charge < -0.3 is 9.84 Å². The summed E-state index contributed by atoms with van der Waals surface area (Å²) < 4.78 is 5.47. The lowest BCUT2D eigenvalue weighted by Crippen LogP contribution is -2.09. The zero-order valence-electron chi connectivity index (χ0n) is 8.91. The Morgan fingerprint density at radius 2 is 1.44 bits per heavy atom. The molecule has 1 unspecified atom stereocenters. The zero-order valence-corrected chi connectivity index (χ0v) is 8.91. The molecule has 2 aromatic carbocycles. The first-order chi connectivity index (χ1) is 7.86. The van der Waals surface area contributed by atoms with Gasteiger partial charge >= 0.3 is 0 Å². The van der Waals surface area contributed by atoms with Gasteiger partial charge in [0.15, 0.2) is 0 Å². The normalized spacial score (nSPS) is 12.1. The molecule has 0 aromatic heterocycles. The van der Waals surface area contributed by atoms with E-state index in [9.17, 15) is 5.11 Å². The van der Waals surface area contributed by atoms with Crippen LogP contribution in [-0.2, 0) is 0 Å². The Labute approximate surface area is 95.1 Å². The zero-order chi connectivity index (χ0) is 11.2. The van der Waals surface area contributed by atoms with Gasteiger partial charge in [-0.1, -0.05) is 48.5 Å². The second kappa shape index (κ2) is 5.33. The van der Waals surface area contributed by atoms with Crippen molar-refractivity contribution in [2.45, 2.75) is 6.10 Å². The molecule has 0 aliphatic heterocycles. The van der Waals surface area contributed by atoms with Crippen molar-refractivity contribution in [1.29, 1.82) is 0 Å². The summed E-state index contributed by atoms with van der Waals surface area (Å²) in [5.74, 6) is 0.775. The third kappa shape index (κ3) is 2.84. The van der Waals surface area contributed by atoms with Gasteiger partial charge in [-0.05, 0) is 17.7 Å². The van der Waals surface area contributed by atoms with E-state index in [1.807, 2.05) is 60.7 Å². The fraction of sp³-hybridized carbons (Fsp3) is 0.143. The number of ether oxygens (including phenoxy) is 1. The summed E-state index contributed by atoms with van der Waals surface area (Å²) in [6, 6.07) is 19.0. The third-order valence-corrected chi connectivity index (χ3v) is 2.34. The highest BCUT2D eigenvalue weighted by molar-refractivity contribution is 5.22. The van der Waals surface area contributed by atoms with E-state index in [1.54, 1.807) is 0 Å². The van der Waals surface area contributed by atoms with Gasteiger partial charge in [-0.15, -0.1) is 0 Å². The van der Waals surface area contributed by atoms with Crippen LogP contribution in [0.4, 0.5) is 0 Å². The van der Waals surface area contributed by atoms with Crippen LogP contribution in [0.1, 0.15) is 11.7 Å². The molecule has 2 nitrogen and oxygen atoms in total. The van der Waals surface area contributed by atoms with E-state index in [0.717, 1.165) is 11.3 Å². The Bertz CT molecular complexity index is 411. The predicted molar refractivity (Wildman–Crippen MR) is 63.3 cm³/mol. The number of rotatable bonds is 4. The highest BCUT2D eigenvalue weighted by Gasteiger charge is 2.06. The SMILES string of the molecule is OC(COc1ccccc1)c1ccccc1. The first-order valence-electron chi connectivity index (χ1n) is 5.27. The molecule has 0 spiro atoms. The van der Waals surface area contributed by atoms with E-state index >= 15 is 0 Å². The minimum Gasteiger partial charge on any atom is -0.491 e. The van der Waals surface area contributed by atoms with Gasteiger partial charge in [0.1, 0.15) is 18.5 Å². The molecular weight excluding hydrogens is 200 g/mol. The van der Waals surface area contributed by atoms with Crippen LogP contribution in [0.25, 0.3) is 0 Å². The molecule has 0 heterocycles. The number of hydrogen-bond acceptors (Lipinski definition) is 2. The van der Waals surface area contributed by atoms with Gasteiger partial charge in [-0.3, -0.25) is 0 Å². The summed E-state index contributed by atoms with van der Waals surface area (Å²) in [6.07, 6.45) is -0.582. The maximum absolute atomic E-state index is 9.86. The fourth-order valence-corrected chi connectivity index (χ4v) is 1.46. The lowest BCUT2D eigenvalue weighted by molar-refractivity contribution is 0.108. The van der Waals surface area contributed by atoms with Crippen LogP contribution in [0.2, 0.25) is 0 Å². The molecule has 0 amide bonds. The Balaban J connectivity index is 1.92. The van der Waals surface area contributed by atoms with Crippen molar-refractivity contribution >= 4 is 0 Å². The molecule has 0 fully saturated rings. The molecule has 0 saturated heterocycles. The van der Waals surface area contributed by atoms with Crippen LogP contribution >= 0.6 is 0 Å². The van der Waals surface area contributed by atoms with E-state index in [4.69, 9.17) is 4.74 Å². The lowest BCUT2D eigenvalue weighted by Gasteiger charge is -2.12. The number of benzene rings is 2. The second-order valence-corrected chi connectivity index (χ2v) is 3.55. The van der Waals surface area contributed by atoms with Gasteiger partial charge in [0.25, 0.3) is 0 Å². The van der Waals surface area contributed by atoms with Crippen LogP contribution in [-0.4, -0.2) is 11.7 Å². The number of aliphatic hydroxyl groups is 1. The van der Waals surface area contributed by atoms with Crippen molar-refractivity contribution in [2.75, 3.05) is 6.61 Å². The van der Waals surface area contributed by atoms with Crippen LogP contribution in [0.15, 0.2) is 60.7 Å². The Kier molecular flexibility index (Phi) is 3.57. The fourth-order valence-electron chi connectivity index (χ4n) is 1.46. The van der Waals surface area contributed by atoms with Crippen molar-refractivity contribution in [1.82, 2.24) is 0 Å². The molecule has 2 heteroatoms. The molecule has 0 bridgehead atoms. The minimum atomic E-state index is -0.582. The maximum atomic E-state index is 9.86. The Morgan fingerprint density at radius 3 is 2.06 bits per heavy atom. The summed E-state index contributed by atoms with van der Waals surface area (Å²) >= 11 is 0. The summed E-state index contributed by atoms with van der Waals surface area (Å²) in [4.78, 5) is 0. The quantitative estimate of drug-likeness (QED) is 0.848. The van der Waals surface area contributed by atoms with Gasteiger partial charge in [0.2, 0.25) is 0 Å². The van der Waals surface area contributed by atoms with Gasteiger partial charge in [0, 0.05) is 0 Å². The molecule has 0 aliphatic carbocycles. The van der Waals surface area contributed by atoms with Crippen molar-refractivity contribution in [3.63, 3.8) is 0 Å². The number of para-hydroxylation sites is 1.